The zero-order valence-electron chi connectivity index (χ0n) is 24.6. The van der Waals surface area contributed by atoms with E-state index < -0.39 is 29.5 Å². The molecule has 1 aliphatic heterocycles. The first-order valence-corrected chi connectivity index (χ1v) is 14.3. The number of para-hydroxylation sites is 1. The Morgan fingerprint density at radius 1 is 1.02 bits per heavy atom. The van der Waals surface area contributed by atoms with Crippen LogP contribution in [-0.2, 0) is 20.7 Å². The Balaban J connectivity index is 1.82. The number of rotatable bonds is 12. The third-order valence-electron chi connectivity index (χ3n) is 7.38. The molecule has 2 atom stereocenters. The third-order valence-corrected chi connectivity index (χ3v) is 7.62. The molecule has 0 fully saturated rings. The zero-order valence-corrected chi connectivity index (χ0v) is 25.4. The highest BCUT2D eigenvalue weighted by molar-refractivity contribution is 6.30. The van der Waals surface area contributed by atoms with E-state index in [1.54, 1.807) is 65.6 Å². The van der Waals surface area contributed by atoms with E-state index in [0.29, 0.717) is 44.5 Å². The van der Waals surface area contributed by atoms with Crippen LogP contribution >= 0.6 is 11.6 Å². The van der Waals surface area contributed by atoms with E-state index in [9.17, 15) is 19.5 Å². The van der Waals surface area contributed by atoms with Crippen LogP contribution in [0.25, 0.3) is 0 Å². The number of carbonyl (C=O) groups is 3. The third kappa shape index (κ3) is 7.36. The Hall–Kier alpha value is -3.92. The van der Waals surface area contributed by atoms with Gasteiger partial charge in [0.2, 0.25) is 0 Å². The number of amides is 1. The predicted molar refractivity (Wildman–Crippen MR) is 162 cm³/mol. The first-order valence-electron chi connectivity index (χ1n) is 13.9. The van der Waals surface area contributed by atoms with Gasteiger partial charge in [0.1, 0.15) is 12.2 Å². The summed E-state index contributed by atoms with van der Waals surface area (Å²) in [6, 6.07) is 17.2. The summed E-state index contributed by atoms with van der Waals surface area (Å²) in [5.41, 5.74) is 2.08. The maximum Gasteiger partial charge on any atom is 0.303 e. The Bertz CT molecular complexity index is 1500. The van der Waals surface area contributed by atoms with Crippen LogP contribution in [0.15, 0.2) is 60.7 Å². The summed E-state index contributed by atoms with van der Waals surface area (Å²) in [7, 11) is 3.03. The molecule has 1 amide bonds. The van der Waals surface area contributed by atoms with Crippen LogP contribution in [0.2, 0.25) is 5.02 Å². The van der Waals surface area contributed by atoms with Crippen LogP contribution in [-0.4, -0.2) is 61.3 Å². The van der Waals surface area contributed by atoms with E-state index in [1.165, 1.54) is 14.2 Å². The van der Waals surface area contributed by atoms with Crippen molar-refractivity contribution in [1.29, 1.82) is 0 Å². The number of carboxylic acids is 1. The molecule has 3 aromatic rings. The summed E-state index contributed by atoms with van der Waals surface area (Å²) in [4.78, 5) is 40.5. The maximum atomic E-state index is 14.3. The molecule has 10 heteroatoms. The Kier molecular flexibility index (Phi) is 10.1. The number of hydrogen-bond acceptors (Lipinski definition) is 7. The van der Waals surface area contributed by atoms with Crippen molar-refractivity contribution in [2.24, 2.45) is 5.41 Å². The Morgan fingerprint density at radius 3 is 2.44 bits per heavy atom. The molecule has 1 heterocycles. The lowest BCUT2D eigenvalue weighted by molar-refractivity contribution is -0.137. The van der Waals surface area contributed by atoms with Gasteiger partial charge in [0.15, 0.2) is 17.3 Å². The number of ketones is 1. The summed E-state index contributed by atoms with van der Waals surface area (Å²) in [5, 5.41) is 19.6. The average molecular weight is 610 g/mol. The minimum atomic E-state index is -1.21. The fraction of sp³-hybridized carbons (Fsp3) is 0.364. The fourth-order valence-corrected chi connectivity index (χ4v) is 5.32. The van der Waals surface area contributed by atoms with E-state index in [2.05, 4.69) is 0 Å². The number of hydrogen-bond donors (Lipinski definition) is 2. The van der Waals surface area contributed by atoms with Crippen LogP contribution in [0.5, 0.6) is 11.5 Å². The van der Waals surface area contributed by atoms with Gasteiger partial charge in [-0.1, -0.05) is 55.8 Å². The molecule has 43 heavy (non-hydrogen) atoms. The number of methoxy groups -OCH3 is 2. The molecule has 4 rings (SSSR count). The summed E-state index contributed by atoms with van der Waals surface area (Å²) in [6.07, 6.45) is -2.15. The number of halogens is 1. The zero-order chi connectivity index (χ0) is 31.3. The number of aryl methyl sites for hydroxylation is 1. The first-order chi connectivity index (χ1) is 20.5. The molecule has 0 aromatic heterocycles. The smallest absolute Gasteiger partial charge is 0.303 e. The van der Waals surface area contributed by atoms with Crippen molar-refractivity contribution in [2.45, 2.75) is 45.3 Å². The van der Waals surface area contributed by atoms with Crippen LogP contribution in [0.4, 0.5) is 5.69 Å². The minimum absolute atomic E-state index is 0.0671. The van der Waals surface area contributed by atoms with Gasteiger partial charge in [-0.25, -0.2) is 0 Å². The van der Waals surface area contributed by atoms with E-state index in [0.717, 1.165) is 0 Å². The lowest BCUT2D eigenvalue weighted by Gasteiger charge is -2.32. The molecule has 9 nitrogen and oxygen atoms in total. The molecular formula is C33H36ClNO8. The van der Waals surface area contributed by atoms with E-state index >= 15 is 0 Å². The van der Waals surface area contributed by atoms with Gasteiger partial charge in [-0.05, 0) is 42.3 Å². The van der Waals surface area contributed by atoms with Crippen LogP contribution in [0.3, 0.4) is 0 Å². The van der Waals surface area contributed by atoms with Gasteiger partial charge in [0.05, 0.1) is 14.2 Å². The molecule has 0 bridgehead atoms. The van der Waals surface area contributed by atoms with Crippen LogP contribution in [0, 0.1) is 5.41 Å². The topological polar surface area (TPSA) is 123 Å². The molecule has 0 saturated heterocycles. The van der Waals surface area contributed by atoms with Gasteiger partial charge in [-0.2, -0.15) is 0 Å². The Morgan fingerprint density at radius 2 is 1.77 bits per heavy atom. The summed E-state index contributed by atoms with van der Waals surface area (Å²) >= 11 is 6.47. The molecule has 228 valence electrons. The van der Waals surface area contributed by atoms with Crippen molar-refractivity contribution in [3.63, 3.8) is 0 Å². The largest absolute Gasteiger partial charge is 0.493 e. The highest BCUT2D eigenvalue weighted by atomic mass is 35.5. The fourth-order valence-electron chi connectivity index (χ4n) is 5.14. The number of aliphatic carboxylic acids is 1. The summed E-state index contributed by atoms with van der Waals surface area (Å²) in [5.74, 6) is -0.832. The van der Waals surface area contributed by atoms with Crippen LogP contribution < -0.4 is 14.4 Å². The highest BCUT2D eigenvalue weighted by Crippen LogP contribution is 2.45. The second-order valence-electron chi connectivity index (χ2n) is 11.3. The second kappa shape index (κ2) is 13.6. The molecule has 2 N–H and O–H groups in total. The van der Waals surface area contributed by atoms with Crippen molar-refractivity contribution in [1.82, 2.24) is 0 Å². The lowest BCUT2D eigenvalue weighted by Crippen LogP contribution is -2.45. The number of Topliss-reactive ketones (excluding diaryl/α,β-unsaturated/α-hetero) is 1. The van der Waals surface area contributed by atoms with Gasteiger partial charge >= 0.3 is 5.97 Å². The van der Waals surface area contributed by atoms with Gasteiger partial charge in [-0.15, -0.1) is 0 Å². The van der Waals surface area contributed by atoms with Gasteiger partial charge in [0, 0.05) is 58.8 Å². The van der Waals surface area contributed by atoms with Crippen molar-refractivity contribution in [3.05, 3.63) is 87.9 Å². The highest BCUT2D eigenvalue weighted by Gasteiger charge is 2.40. The van der Waals surface area contributed by atoms with Crippen molar-refractivity contribution in [2.75, 3.05) is 32.3 Å². The standard InChI is InChI=1S/C33H36ClNO8/c1-33(2,19-36)18-35-25-13-12-22(34)16-24(25)30(23-9-6-10-27(41-3)31(23)42-4)43-28(32(35)40)17-26(37)21-8-5-7-20(15-21)11-14-29(38)39/h5-10,12-13,15-16,28,30,36H,11,14,17-19H2,1-4H3,(H,38,39)/t28-,30-/m1/s1. The lowest BCUT2D eigenvalue weighted by atomic mass is 9.92. The number of carboxylic acid groups (broad SMARTS) is 1. The monoisotopic (exact) mass is 609 g/mol. The number of benzene rings is 3. The number of anilines is 1. The van der Waals surface area contributed by atoms with E-state index in [-0.39, 0.29) is 38.2 Å². The number of aliphatic hydroxyl groups excluding tert-OH is 1. The number of fused-ring (bicyclic) bond motifs is 1. The summed E-state index contributed by atoms with van der Waals surface area (Å²) in [6.45, 7) is 3.65. The summed E-state index contributed by atoms with van der Waals surface area (Å²) < 4.78 is 17.8. The number of carbonyl (C=O) groups excluding carboxylic acids is 2. The van der Waals surface area contributed by atoms with Crippen LogP contribution in [0.1, 0.15) is 59.8 Å². The molecule has 1 aliphatic rings. The molecule has 0 radical (unpaired) electrons. The predicted octanol–water partition coefficient (Wildman–Crippen LogP) is 5.49. The first kappa shape index (κ1) is 32.0. The number of nitrogens with zero attached hydrogens (tertiary/aromatic N) is 1. The molecule has 0 saturated carbocycles. The quantitative estimate of drug-likeness (QED) is 0.259. The van der Waals surface area contributed by atoms with Crippen molar-refractivity contribution in [3.8, 4) is 11.5 Å². The average Bonchev–Trinajstić information content (AvgIpc) is 3.09. The van der Waals surface area contributed by atoms with E-state index in [1.807, 2.05) is 13.8 Å². The normalized spacial score (nSPS) is 16.8. The minimum Gasteiger partial charge on any atom is -0.493 e. The van der Waals surface area contributed by atoms with E-state index in [4.69, 9.17) is 30.9 Å². The molecule has 0 spiro atoms. The van der Waals surface area contributed by atoms with Crippen molar-refractivity contribution >= 4 is 34.9 Å². The SMILES string of the molecule is COc1cccc([C@H]2O[C@H](CC(=O)c3cccc(CCC(=O)O)c3)C(=O)N(CC(C)(C)CO)c3ccc(Cl)cc32)c1OC. The van der Waals surface area contributed by atoms with Gasteiger partial charge in [0.25, 0.3) is 5.91 Å². The second-order valence-corrected chi connectivity index (χ2v) is 11.7. The Labute approximate surface area is 255 Å². The molecule has 0 unspecified atom stereocenters. The van der Waals surface area contributed by atoms with Gasteiger partial charge < -0.3 is 29.3 Å². The molecule has 0 aliphatic carbocycles. The molecular weight excluding hydrogens is 574 g/mol. The molecule has 3 aromatic carbocycles. The van der Waals surface area contributed by atoms with Gasteiger partial charge in [-0.3, -0.25) is 14.4 Å². The number of aliphatic hydroxyl groups is 1. The number of ether oxygens (including phenoxy) is 3. The maximum absolute atomic E-state index is 14.3. The van der Waals surface area contributed by atoms with Crippen molar-refractivity contribution < 1.29 is 38.8 Å².